The predicted octanol–water partition coefficient (Wildman–Crippen LogP) is 3.26. The summed E-state index contributed by atoms with van der Waals surface area (Å²) in [6.07, 6.45) is 1.09. The van der Waals surface area contributed by atoms with Crippen molar-refractivity contribution in [3.8, 4) is 0 Å². The highest BCUT2D eigenvalue weighted by molar-refractivity contribution is 9.10. The van der Waals surface area contributed by atoms with E-state index in [2.05, 4.69) is 31.2 Å². The van der Waals surface area contributed by atoms with Crippen molar-refractivity contribution < 1.29 is 8.78 Å². The summed E-state index contributed by atoms with van der Waals surface area (Å²) < 4.78 is 26.3. The first kappa shape index (κ1) is 10.9. The topological polar surface area (TPSA) is 37.8 Å². The molecule has 16 heavy (non-hydrogen) atoms. The molecular formula is C10H6BrF2N3. The minimum atomic E-state index is -0.643. The first-order valence-electron chi connectivity index (χ1n) is 4.35. The van der Waals surface area contributed by atoms with Gasteiger partial charge >= 0.3 is 0 Å². The molecule has 1 aromatic heterocycles. The Hall–Kier alpha value is -1.56. The standard InChI is InChI=1S/C10H6BrF2N3/c11-7-2-1-6(3-8(7)12)16-10-4-9(13)14-5-15-10/h1-5H,(H,14,15,16). The van der Waals surface area contributed by atoms with E-state index in [-0.39, 0.29) is 5.82 Å². The number of hydrogen-bond donors (Lipinski definition) is 1. The summed E-state index contributed by atoms with van der Waals surface area (Å²) in [6.45, 7) is 0. The summed E-state index contributed by atoms with van der Waals surface area (Å²) in [5.74, 6) is -0.774. The quantitative estimate of drug-likeness (QED) is 0.861. The average Bonchev–Trinajstić information content (AvgIpc) is 2.24. The molecule has 0 amide bonds. The van der Waals surface area contributed by atoms with Crippen molar-refractivity contribution in [1.29, 1.82) is 0 Å². The zero-order valence-electron chi connectivity index (χ0n) is 7.92. The third-order valence-corrected chi connectivity index (χ3v) is 2.47. The van der Waals surface area contributed by atoms with Crippen molar-refractivity contribution >= 4 is 27.4 Å². The molecule has 6 heteroatoms. The third-order valence-electron chi connectivity index (χ3n) is 1.83. The second-order valence-corrected chi connectivity index (χ2v) is 3.83. The normalized spacial score (nSPS) is 10.2. The van der Waals surface area contributed by atoms with Crippen LogP contribution in [0.3, 0.4) is 0 Å². The number of nitrogens with one attached hydrogen (secondary N) is 1. The van der Waals surface area contributed by atoms with Crippen molar-refractivity contribution in [3.63, 3.8) is 0 Å². The van der Waals surface area contributed by atoms with Gasteiger partial charge in [-0.2, -0.15) is 4.39 Å². The first-order valence-corrected chi connectivity index (χ1v) is 5.14. The Morgan fingerprint density at radius 1 is 1.12 bits per heavy atom. The summed E-state index contributed by atoms with van der Waals surface area (Å²) in [5.41, 5.74) is 0.485. The van der Waals surface area contributed by atoms with Crippen LogP contribution in [0.15, 0.2) is 35.1 Å². The lowest BCUT2D eigenvalue weighted by atomic mass is 10.3. The van der Waals surface area contributed by atoms with Crippen LogP contribution in [0.1, 0.15) is 0 Å². The molecule has 0 aliphatic rings. The van der Waals surface area contributed by atoms with E-state index < -0.39 is 11.8 Å². The summed E-state index contributed by atoms with van der Waals surface area (Å²) >= 11 is 3.04. The molecule has 2 rings (SSSR count). The fraction of sp³-hybridized carbons (Fsp3) is 0. The Bertz CT molecular complexity index is 519. The van der Waals surface area contributed by atoms with Gasteiger partial charge in [0.15, 0.2) is 0 Å². The Kier molecular flexibility index (Phi) is 3.09. The van der Waals surface area contributed by atoms with E-state index >= 15 is 0 Å². The van der Waals surface area contributed by atoms with Crippen molar-refractivity contribution in [2.75, 3.05) is 5.32 Å². The van der Waals surface area contributed by atoms with Gasteiger partial charge in [-0.05, 0) is 34.1 Å². The molecule has 0 spiro atoms. The van der Waals surface area contributed by atoms with Gasteiger partial charge in [0.05, 0.1) is 4.47 Å². The number of halogens is 3. The Morgan fingerprint density at radius 2 is 1.94 bits per heavy atom. The average molecular weight is 286 g/mol. The Balaban J connectivity index is 2.24. The number of benzene rings is 1. The molecule has 0 saturated carbocycles. The maximum Gasteiger partial charge on any atom is 0.218 e. The molecule has 3 nitrogen and oxygen atoms in total. The van der Waals surface area contributed by atoms with E-state index in [9.17, 15) is 8.78 Å². The van der Waals surface area contributed by atoms with E-state index in [1.165, 1.54) is 6.07 Å². The number of nitrogens with zero attached hydrogens (tertiary/aromatic N) is 2. The second kappa shape index (κ2) is 4.52. The number of anilines is 2. The van der Waals surface area contributed by atoms with Crippen molar-refractivity contribution in [1.82, 2.24) is 9.97 Å². The number of rotatable bonds is 2. The molecule has 0 radical (unpaired) electrons. The van der Waals surface area contributed by atoms with Crippen molar-refractivity contribution in [2.24, 2.45) is 0 Å². The van der Waals surface area contributed by atoms with Crippen LogP contribution in [-0.4, -0.2) is 9.97 Å². The maximum absolute atomic E-state index is 13.2. The molecular weight excluding hydrogens is 280 g/mol. The van der Waals surface area contributed by atoms with Gasteiger partial charge in [-0.25, -0.2) is 14.4 Å². The summed E-state index contributed by atoms with van der Waals surface area (Å²) in [6, 6.07) is 5.60. The van der Waals surface area contributed by atoms with Gasteiger partial charge < -0.3 is 5.32 Å². The lowest BCUT2D eigenvalue weighted by Gasteiger charge is -2.05. The van der Waals surface area contributed by atoms with E-state index in [1.807, 2.05) is 0 Å². The second-order valence-electron chi connectivity index (χ2n) is 2.98. The van der Waals surface area contributed by atoms with Crippen LogP contribution in [0.25, 0.3) is 0 Å². The van der Waals surface area contributed by atoms with Crippen LogP contribution < -0.4 is 5.32 Å². The maximum atomic E-state index is 13.2. The van der Waals surface area contributed by atoms with E-state index in [4.69, 9.17) is 0 Å². The Morgan fingerprint density at radius 3 is 2.62 bits per heavy atom. The van der Waals surface area contributed by atoms with Gasteiger partial charge in [-0.15, -0.1) is 0 Å². The van der Waals surface area contributed by atoms with Crippen LogP contribution in [0.2, 0.25) is 0 Å². The van der Waals surface area contributed by atoms with Gasteiger partial charge in [0.2, 0.25) is 5.95 Å². The van der Waals surface area contributed by atoms with Crippen LogP contribution in [0.5, 0.6) is 0 Å². The van der Waals surface area contributed by atoms with Crippen molar-refractivity contribution in [3.05, 3.63) is 46.8 Å². The summed E-state index contributed by atoms with van der Waals surface area (Å²) in [7, 11) is 0. The fourth-order valence-electron chi connectivity index (χ4n) is 1.12. The molecule has 2 aromatic rings. The molecule has 0 saturated heterocycles. The van der Waals surface area contributed by atoms with E-state index in [0.717, 1.165) is 12.4 Å². The fourth-order valence-corrected chi connectivity index (χ4v) is 1.37. The molecule has 1 N–H and O–H groups in total. The minimum absolute atomic E-state index is 0.272. The number of hydrogen-bond acceptors (Lipinski definition) is 3. The molecule has 0 fully saturated rings. The third kappa shape index (κ3) is 2.52. The summed E-state index contributed by atoms with van der Waals surface area (Å²) in [4.78, 5) is 7.10. The monoisotopic (exact) mass is 285 g/mol. The van der Waals surface area contributed by atoms with Gasteiger partial charge in [-0.3, -0.25) is 0 Å². The highest BCUT2D eigenvalue weighted by Gasteiger charge is 2.02. The van der Waals surface area contributed by atoms with Crippen LogP contribution in [-0.2, 0) is 0 Å². The molecule has 1 heterocycles. The van der Waals surface area contributed by atoms with Gasteiger partial charge in [0, 0.05) is 11.8 Å². The van der Waals surface area contributed by atoms with E-state index in [1.54, 1.807) is 12.1 Å². The van der Waals surface area contributed by atoms with Crippen LogP contribution >= 0.6 is 15.9 Å². The smallest absolute Gasteiger partial charge is 0.218 e. The van der Waals surface area contributed by atoms with Crippen LogP contribution in [0.4, 0.5) is 20.3 Å². The highest BCUT2D eigenvalue weighted by atomic mass is 79.9. The molecule has 1 aromatic carbocycles. The zero-order valence-corrected chi connectivity index (χ0v) is 9.50. The van der Waals surface area contributed by atoms with Crippen molar-refractivity contribution in [2.45, 2.75) is 0 Å². The predicted molar refractivity (Wildman–Crippen MR) is 59.4 cm³/mol. The molecule has 0 bridgehead atoms. The van der Waals surface area contributed by atoms with E-state index in [0.29, 0.717) is 10.2 Å². The molecule has 0 aliphatic carbocycles. The lowest BCUT2D eigenvalue weighted by Crippen LogP contribution is -1.96. The zero-order chi connectivity index (χ0) is 11.5. The van der Waals surface area contributed by atoms with Gasteiger partial charge in [0.1, 0.15) is 18.0 Å². The minimum Gasteiger partial charge on any atom is -0.340 e. The number of aromatic nitrogens is 2. The van der Waals surface area contributed by atoms with Gasteiger partial charge in [-0.1, -0.05) is 0 Å². The Labute approximate surface area is 98.7 Å². The molecule has 0 aliphatic heterocycles. The first-order chi connectivity index (χ1) is 7.65. The molecule has 82 valence electrons. The largest absolute Gasteiger partial charge is 0.340 e. The van der Waals surface area contributed by atoms with Crippen LogP contribution in [0, 0.1) is 11.8 Å². The van der Waals surface area contributed by atoms with Gasteiger partial charge in [0.25, 0.3) is 0 Å². The highest BCUT2D eigenvalue weighted by Crippen LogP contribution is 2.21. The SMILES string of the molecule is Fc1cc(Nc2ccc(Br)c(F)c2)ncn1. The molecule has 0 atom stereocenters. The summed E-state index contributed by atoms with van der Waals surface area (Å²) in [5, 5.41) is 2.76. The lowest BCUT2D eigenvalue weighted by molar-refractivity contribution is 0.580. The molecule has 0 unspecified atom stereocenters.